The van der Waals surface area contributed by atoms with Crippen molar-refractivity contribution < 1.29 is 9.59 Å². The highest BCUT2D eigenvalue weighted by molar-refractivity contribution is 7.19. The third kappa shape index (κ3) is 4.16. The van der Waals surface area contributed by atoms with Gasteiger partial charge in [0.15, 0.2) is 0 Å². The molecule has 0 radical (unpaired) electrons. The van der Waals surface area contributed by atoms with Crippen LogP contribution in [0.1, 0.15) is 36.8 Å². The average molecular weight is 400 g/mol. The maximum Gasteiger partial charge on any atom is 0.228 e. The fraction of sp³-hybridized carbons (Fsp3) is 0.500. The largest absolute Gasteiger partial charge is 0.352 e. The zero-order chi connectivity index (χ0) is 19.5. The zero-order valence-corrected chi connectivity index (χ0v) is 16.9. The van der Waals surface area contributed by atoms with Gasteiger partial charge >= 0.3 is 0 Å². The van der Waals surface area contributed by atoms with Gasteiger partial charge < -0.3 is 10.2 Å². The van der Waals surface area contributed by atoms with Crippen LogP contribution in [0.2, 0.25) is 0 Å². The van der Waals surface area contributed by atoms with Crippen molar-refractivity contribution in [3.05, 3.63) is 35.4 Å². The molecule has 0 spiro atoms. The van der Waals surface area contributed by atoms with Gasteiger partial charge in [0.05, 0.1) is 5.92 Å². The topological polar surface area (TPSA) is 78.4 Å². The number of anilines is 2. The van der Waals surface area contributed by atoms with E-state index >= 15 is 0 Å². The molecule has 8 heteroatoms. The zero-order valence-electron chi connectivity index (χ0n) is 16.1. The molecule has 1 atom stereocenters. The van der Waals surface area contributed by atoms with Crippen LogP contribution in [0.15, 0.2) is 24.3 Å². The third-order valence-corrected chi connectivity index (χ3v) is 6.33. The lowest BCUT2D eigenvalue weighted by Gasteiger charge is -2.31. The quantitative estimate of drug-likeness (QED) is 0.836. The Labute approximate surface area is 168 Å². The predicted octanol–water partition coefficient (Wildman–Crippen LogP) is 2.51. The third-order valence-electron chi connectivity index (χ3n) is 5.32. The van der Waals surface area contributed by atoms with Crippen LogP contribution in [-0.4, -0.2) is 41.6 Å². The first-order valence-corrected chi connectivity index (χ1v) is 10.6. The van der Waals surface area contributed by atoms with Crippen molar-refractivity contribution in [2.75, 3.05) is 29.4 Å². The number of carbonyl (C=O) groups is 2. The van der Waals surface area contributed by atoms with E-state index in [1.165, 1.54) is 16.9 Å². The number of rotatable bonds is 5. The highest BCUT2D eigenvalue weighted by atomic mass is 32.1. The molecule has 7 nitrogen and oxygen atoms in total. The minimum atomic E-state index is -0.0562. The van der Waals surface area contributed by atoms with Crippen LogP contribution in [0.25, 0.3) is 0 Å². The van der Waals surface area contributed by atoms with E-state index in [2.05, 4.69) is 39.5 Å². The van der Waals surface area contributed by atoms with Crippen molar-refractivity contribution in [3.63, 3.8) is 0 Å². The van der Waals surface area contributed by atoms with E-state index in [4.69, 9.17) is 0 Å². The molecule has 4 rings (SSSR count). The Morgan fingerprint density at radius 2 is 2.11 bits per heavy atom. The van der Waals surface area contributed by atoms with Crippen molar-refractivity contribution in [3.8, 4) is 0 Å². The number of aryl methyl sites for hydroxylation is 1. The smallest absolute Gasteiger partial charge is 0.228 e. The first-order chi connectivity index (χ1) is 13.6. The minimum absolute atomic E-state index is 0.0562. The molecule has 2 aliphatic heterocycles. The molecule has 2 aromatic rings. The Balaban J connectivity index is 1.35. The Morgan fingerprint density at radius 3 is 2.89 bits per heavy atom. The molecule has 0 aliphatic carbocycles. The Morgan fingerprint density at radius 1 is 1.25 bits per heavy atom. The number of hydrogen-bond donors (Lipinski definition) is 1. The second kappa shape index (κ2) is 8.26. The summed E-state index contributed by atoms with van der Waals surface area (Å²) in [5.74, 6) is 0.153. The molecule has 1 N–H and O–H groups in total. The molecule has 2 amide bonds. The normalized spacial score (nSPS) is 19.9. The molecule has 0 bridgehead atoms. The lowest BCUT2D eigenvalue weighted by Crippen LogP contribution is -2.43. The van der Waals surface area contributed by atoms with E-state index in [9.17, 15) is 9.59 Å². The minimum Gasteiger partial charge on any atom is -0.352 e. The van der Waals surface area contributed by atoms with Crippen molar-refractivity contribution >= 4 is 33.4 Å². The van der Waals surface area contributed by atoms with E-state index in [0.29, 0.717) is 24.6 Å². The molecule has 1 aromatic carbocycles. The maximum atomic E-state index is 12.7. The molecule has 2 aliphatic rings. The second-order valence-corrected chi connectivity index (χ2v) is 8.44. The summed E-state index contributed by atoms with van der Waals surface area (Å²) in [6.45, 7) is 4.83. The SMILES string of the molecule is Cc1cccc(CNC(=O)[C@@H]2CCCN(c3nnc(N4CCCC4=O)s3)C2)c1. The molecule has 2 fully saturated rings. The summed E-state index contributed by atoms with van der Waals surface area (Å²) in [4.78, 5) is 28.4. The lowest BCUT2D eigenvalue weighted by atomic mass is 9.97. The number of amides is 2. The maximum absolute atomic E-state index is 12.7. The first kappa shape index (κ1) is 18.9. The standard InChI is InChI=1S/C20H25N5O2S/c1-14-5-2-6-15(11-14)12-21-18(27)16-7-3-9-24(13-16)19-22-23-20(28-19)25-10-4-8-17(25)26/h2,5-6,11,16H,3-4,7-10,12-13H2,1H3,(H,21,27)/t16-/m1/s1. The van der Waals surface area contributed by atoms with Gasteiger partial charge in [-0.25, -0.2) is 0 Å². The van der Waals surface area contributed by atoms with Gasteiger partial charge in [-0.1, -0.05) is 41.2 Å². The van der Waals surface area contributed by atoms with Gasteiger partial charge in [0.2, 0.25) is 22.1 Å². The van der Waals surface area contributed by atoms with Crippen LogP contribution < -0.4 is 15.1 Å². The predicted molar refractivity (Wildman–Crippen MR) is 109 cm³/mol. The summed E-state index contributed by atoms with van der Waals surface area (Å²) in [6.07, 6.45) is 3.29. The average Bonchev–Trinajstić information content (AvgIpc) is 3.35. The number of nitrogens with zero attached hydrogens (tertiary/aromatic N) is 4. The number of benzene rings is 1. The van der Waals surface area contributed by atoms with Gasteiger partial charge in [-0.15, -0.1) is 10.2 Å². The van der Waals surface area contributed by atoms with E-state index in [-0.39, 0.29) is 17.7 Å². The monoisotopic (exact) mass is 399 g/mol. The molecule has 148 valence electrons. The Bertz CT molecular complexity index is 868. The molecule has 2 saturated heterocycles. The number of carbonyl (C=O) groups excluding carboxylic acids is 2. The van der Waals surface area contributed by atoms with E-state index in [0.717, 1.165) is 43.0 Å². The number of hydrogen-bond acceptors (Lipinski definition) is 6. The van der Waals surface area contributed by atoms with Crippen LogP contribution in [-0.2, 0) is 16.1 Å². The van der Waals surface area contributed by atoms with Crippen LogP contribution >= 0.6 is 11.3 Å². The summed E-state index contributed by atoms with van der Waals surface area (Å²) in [5, 5.41) is 13.0. The number of aromatic nitrogens is 2. The molecule has 1 aromatic heterocycles. The summed E-state index contributed by atoms with van der Waals surface area (Å²) < 4.78 is 0. The van der Waals surface area contributed by atoms with Gasteiger partial charge in [0.1, 0.15) is 0 Å². The van der Waals surface area contributed by atoms with Crippen LogP contribution in [0.5, 0.6) is 0 Å². The fourth-order valence-corrected chi connectivity index (χ4v) is 4.74. The van der Waals surface area contributed by atoms with E-state index in [1.807, 2.05) is 12.1 Å². The van der Waals surface area contributed by atoms with Crippen molar-refractivity contribution in [2.24, 2.45) is 5.92 Å². The molecular formula is C20H25N5O2S. The van der Waals surface area contributed by atoms with Gasteiger partial charge in [-0.3, -0.25) is 14.5 Å². The molecule has 3 heterocycles. The van der Waals surface area contributed by atoms with Crippen LogP contribution in [0.3, 0.4) is 0 Å². The molecule has 28 heavy (non-hydrogen) atoms. The van der Waals surface area contributed by atoms with Crippen molar-refractivity contribution in [1.29, 1.82) is 0 Å². The van der Waals surface area contributed by atoms with Gasteiger partial charge in [0.25, 0.3) is 0 Å². The van der Waals surface area contributed by atoms with Crippen LogP contribution in [0.4, 0.5) is 10.3 Å². The summed E-state index contributed by atoms with van der Waals surface area (Å²) in [6, 6.07) is 8.19. The summed E-state index contributed by atoms with van der Waals surface area (Å²) >= 11 is 1.44. The van der Waals surface area contributed by atoms with Crippen molar-refractivity contribution in [2.45, 2.75) is 39.2 Å². The summed E-state index contributed by atoms with van der Waals surface area (Å²) in [7, 11) is 0. The highest BCUT2D eigenvalue weighted by Gasteiger charge is 2.29. The van der Waals surface area contributed by atoms with Gasteiger partial charge in [-0.2, -0.15) is 0 Å². The fourth-order valence-electron chi connectivity index (χ4n) is 3.82. The second-order valence-electron chi connectivity index (χ2n) is 7.51. The van der Waals surface area contributed by atoms with Gasteiger partial charge in [0, 0.05) is 32.6 Å². The van der Waals surface area contributed by atoms with E-state index in [1.54, 1.807) is 4.90 Å². The number of nitrogens with one attached hydrogen (secondary N) is 1. The van der Waals surface area contributed by atoms with Crippen LogP contribution in [0, 0.1) is 12.8 Å². The number of piperidine rings is 1. The lowest BCUT2D eigenvalue weighted by molar-refractivity contribution is -0.125. The molecule has 0 saturated carbocycles. The Kier molecular flexibility index (Phi) is 5.57. The van der Waals surface area contributed by atoms with E-state index < -0.39 is 0 Å². The first-order valence-electron chi connectivity index (χ1n) is 9.82. The molecule has 0 unspecified atom stereocenters. The highest BCUT2D eigenvalue weighted by Crippen LogP contribution is 2.32. The summed E-state index contributed by atoms with van der Waals surface area (Å²) in [5.41, 5.74) is 2.31. The van der Waals surface area contributed by atoms with Crippen molar-refractivity contribution in [1.82, 2.24) is 15.5 Å². The van der Waals surface area contributed by atoms with Gasteiger partial charge in [-0.05, 0) is 31.7 Å². The Hall–Kier alpha value is -2.48. The molecular weight excluding hydrogens is 374 g/mol.